The van der Waals surface area contributed by atoms with Gasteiger partial charge in [0.25, 0.3) is 0 Å². The van der Waals surface area contributed by atoms with Crippen molar-refractivity contribution in [1.82, 2.24) is 19.4 Å². The van der Waals surface area contributed by atoms with E-state index in [0.29, 0.717) is 19.6 Å². The Morgan fingerprint density at radius 2 is 2.00 bits per heavy atom. The number of carbonyl (C=O) groups excluding carboxylic acids is 1. The predicted molar refractivity (Wildman–Crippen MR) is 96.0 cm³/mol. The first-order chi connectivity index (χ1) is 11.9. The molecule has 0 bridgehead atoms. The monoisotopic (exact) mass is 368 g/mol. The number of nitrogens with zero attached hydrogens (tertiary/aromatic N) is 4. The molecule has 0 aromatic carbocycles. The molecule has 0 aliphatic carbocycles. The first kappa shape index (κ1) is 18.4. The van der Waals surface area contributed by atoms with Gasteiger partial charge >= 0.3 is 0 Å². The molecule has 0 spiro atoms. The normalized spacial score (nSPS) is 22.0. The number of hydrogen-bond acceptors (Lipinski definition) is 5. The Morgan fingerprint density at radius 1 is 1.28 bits per heavy atom. The van der Waals surface area contributed by atoms with Crippen molar-refractivity contribution >= 4 is 15.7 Å². The van der Waals surface area contributed by atoms with Gasteiger partial charge in [0.2, 0.25) is 5.91 Å². The molecule has 0 N–H and O–H groups in total. The summed E-state index contributed by atoms with van der Waals surface area (Å²) >= 11 is 0. The van der Waals surface area contributed by atoms with E-state index in [-0.39, 0.29) is 23.3 Å². The first-order valence-corrected chi connectivity index (χ1v) is 10.9. The number of imidazole rings is 1. The highest BCUT2D eigenvalue weighted by Gasteiger charge is 2.36. The van der Waals surface area contributed by atoms with Gasteiger partial charge in [0, 0.05) is 45.5 Å². The van der Waals surface area contributed by atoms with Crippen LogP contribution in [-0.2, 0) is 28.2 Å². The molecule has 0 radical (unpaired) electrons. The number of rotatable bonds is 5. The second-order valence-electron chi connectivity index (χ2n) is 7.10. The number of piperidine rings is 1. The highest BCUT2D eigenvalue weighted by atomic mass is 32.2. The topological polar surface area (TPSA) is 75.5 Å². The fraction of sp³-hybridized carbons (Fsp3) is 0.765. The van der Waals surface area contributed by atoms with Crippen LogP contribution in [0, 0.1) is 0 Å². The van der Waals surface area contributed by atoms with Crippen LogP contribution in [0.2, 0.25) is 0 Å². The number of likely N-dealkylation sites (tertiary alicyclic amines) is 1. The van der Waals surface area contributed by atoms with Crippen LogP contribution in [0.1, 0.15) is 43.5 Å². The van der Waals surface area contributed by atoms with Crippen LogP contribution in [0.5, 0.6) is 0 Å². The van der Waals surface area contributed by atoms with E-state index in [1.54, 1.807) is 13.3 Å². The van der Waals surface area contributed by atoms with Gasteiger partial charge in [0.1, 0.15) is 0 Å². The van der Waals surface area contributed by atoms with E-state index in [4.69, 9.17) is 0 Å². The van der Waals surface area contributed by atoms with Crippen molar-refractivity contribution < 1.29 is 13.2 Å². The van der Waals surface area contributed by atoms with Crippen molar-refractivity contribution in [3.8, 4) is 0 Å². The van der Waals surface area contributed by atoms with E-state index in [1.807, 2.05) is 16.5 Å². The van der Waals surface area contributed by atoms with Gasteiger partial charge in [0.15, 0.2) is 9.84 Å². The average Bonchev–Trinajstić information content (AvgIpc) is 3.00. The maximum absolute atomic E-state index is 13.1. The Balaban J connectivity index is 1.78. The van der Waals surface area contributed by atoms with E-state index in [2.05, 4.69) is 9.88 Å². The summed E-state index contributed by atoms with van der Waals surface area (Å²) in [5.41, 5.74) is 1.89. The Hall–Kier alpha value is -1.41. The molecule has 1 aromatic heterocycles. The van der Waals surface area contributed by atoms with Crippen LogP contribution >= 0.6 is 0 Å². The van der Waals surface area contributed by atoms with Crippen molar-refractivity contribution in [3.05, 3.63) is 17.7 Å². The summed E-state index contributed by atoms with van der Waals surface area (Å²) in [4.78, 5) is 21.6. The van der Waals surface area contributed by atoms with Crippen molar-refractivity contribution in [2.75, 3.05) is 37.7 Å². The van der Waals surface area contributed by atoms with Crippen molar-refractivity contribution in [2.24, 2.45) is 7.05 Å². The molecule has 8 heteroatoms. The molecule has 1 saturated heterocycles. The van der Waals surface area contributed by atoms with Gasteiger partial charge in [-0.1, -0.05) is 6.92 Å². The lowest BCUT2D eigenvalue weighted by Crippen LogP contribution is -2.46. The molecule has 25 heavy (non-hydrogen) atoms. The zero-order valence-electron chi connectivity index (χ0n) is 15.1. The van der Waals surface area contributed by atoms with Crippen molar-refractivity contribution in [2.45, 2.75) is 38.6 Å². The maximum atomic E-state index is 13.1. The van der Waals surface area contributed by atoms with Crippen molar-refractivity contribution in [1.29, 1.82) is 0 Å². The molecule has 1 aromatic rings. The molecule has 0 saturated carbocycles. The van der Waals surface area contributed by atoms with Crippen LogP contribution < -0.4 is 0 Å². The van der Waals surface area contributed by atoms with Crippen LogP contribution in [0.4, 0.5) is 0 Å². The van der Waals surface area contributed by atoms with Crippen LogP contribution in [0.25, 0.3) is 0 Å². The van der Waals surface area contributed by atoms with Crippen LogP contribution in [0.3, 0.4) is 0 Å². The van der Waals surface area contributed by atoms with Gasteiger partial charge in [-0.3, -0.25) is 9.69 Å². The van der Waals surface area contributed by atoms with Crippen molar-refractivity contribution in [3.63, 3.8) is 0 Å². The summed E-state index contributed by atoms with van der Waals surface area (Å²) in [6.45, 7) is 4.96. The molecule has 140 valence electrons. The zero-order chi connectivity index (χ0) is 18.0. The summed E-state index contributed by atoms with van der Waals surface area (Å²) in [6, 6.07) is 0. The summed E-state index contributed by atoms with van der Waals surface area (Å²) in [7, 11) is -1.08. The summed E-state index contributed by atoms with van der Waals surface area (Å²) < 4.78 is 25.6. The minimum Gasteiger partial charge on any atom is -0.342 e. The summed E-state index contributed by atoms with van der Waals surface area (Å²) in [5.74, 6) is 0.202. The third-order valence-electron chi connectivity index (χ3n) is 5.33. The van der Waals surface area contributed by atoms with Gasteiger partial charge in [-0.2, -0.15) is 0 Å². The number of aromatic nitrogens is 2. The lowest BCUT2D eigenvalue weighted by Gasteiger charge is -2.36. The van der Waals surface area contributed by atoms with Crippen LogP contribution in [0.15, 0.2) is 6.33 Å². The lowest BCUT2D eigenvalue weighted by atomic mass is 9.95. The summed E-state index contributed by atoms with van der Waals surface area (Å²) in [5, 5.41) is 0. The maximum Gasteiger partial charge on any atom is 0.233 e. The number of amides is 1. The number of sulfone groups is 1. The van der Waals surface area contributed by atoms with Crippen LogP contribution in [-0.4, -0.2) is 71.4 Å². The van der Waals surface area contributed by atoms with E-state index in [9.17, 15) is 13.2 Å². The molecule has 1 atom stereocenters. The second-order valence-corrected chi connectivity index (χ2v) is 9.57. The third kappa shape index (κ3) is 4.06. The first-order valence-electron chi connectivity index (χ1n) is 9.13. The minimum atomic E-state index is -3.01. The summed E-state index contributed by atoms with van der Waals surface area (Å²) in [6.07, 6.45) is 5.07. The third-order valence-corrected chi connectivity index (χ3v) is 7.02. The molecule has 2 aliphatic rings. The Morgan fingerprint density at radius 3 is 2.68 bits per heavy atom. The van der Waals surface area contributed by atoms with Gasteiger partial charge in [0.05, 0.1) is 29.4 Å². The van der Waals surface area contributed by atoms with E-state index in [0.717, 1.165) is 37.3 Å². The van der Waals surface area contributed by atoms with E-state index >= 15 is 0 Å². The Labute approximate surface area is 149 Å². The largest absolute Gasteiger partial charge is 0.342 e. The molecule has 2 aliphatic heterocycles. The minimum absolute atomic E-state index is 0.135. The predicted octanol–water partition coefficient (Wildman–Crippen LogP) is 0.767. The number of fused-ring (bicyclic) bond motifs is 1. The van der Waals surface area contributed by atoms with Gasteiger partial charge in [-0.15, -0.1) is 0 Å². The Kier molecular flexibility index (Phi) is 5.48. The zero-order valence-corrected chi connectivity index (χ0v) is 16.0. The standard InChI is InChI=1S/C17H28N4O3S/c1-3-25(23,24)10-9-20-11-14(16-15(12-20)18-13-19(16)2)17(22)21-7-5-4-6-8-21/h13-14H,3-12H2,1-2H3/t14-/m1/s1. The fourth-order valence-corrected chi connectivity index (χ4v) is 4.62. The average molecular weight is 369 g/mol. The molecule has 3 rings (SSSR count). The smallest absolute Gasteiger partial charge is 0.233 e. The highest BCUT2D eigenvalue weighted by molar-refractivity contribution is 7.91. The van der Waals surface area contributed by atoms with E-state index in [1.165, 1.54) is 6.42 Å². The molecular formula is C17H28N4O3S. The molecule has 1 amide bonds. The SMILES string of the molecule is CCS(=O)(=O)CCN1Cc2ncn(C)c2[C@H](C(=O)N2CCCCC2)C1. The number of aryl methyl sites for hydroxylation is 1. The number of hydrogen-bond donors (Lipinski definition) is 0. The lowest BCUT2D eigenvalue weighted by molar-refractivity contribution is -0.134. The molecular weight excluding hydrogens is 340 g/mol. The fourth-order valence-electron chi connectivity index (χ4n) is 3.79. The molecule has 3 heterocycles. The van der Waals surface area contributed by atoms with E-state index < -0.39 is 9.84 Å². The van der Waals surface area contributed by atoms with Gasteiger partial charge in [-0.05, 0) is 19.3 Å². The second kappa shape index (κ2) is 7.45. The van der Waals surface area contributed by atoms with Gasteiger partial charge < -0.3 is 9.47 Å². The molecule has 0 unspecified atom stereocenters. The molecule has 7 nitrogen and oxygen atoms in total. The van der Waals surface area contributed by atoms with Gasteiger partial charge in [-0.25, -0.2) is 13.4 Å². The highest BCUT2D eigenvalue weighted by Crippen LogP contribution is 2.29. The Bertz CT molecular complexity index is 722. The number of carbonyl (C=O) groups is 1. The molecule has 1 fully saturated rings. The quantitative estimate of drug-likeness (QED) is 0.767.